The van der Waals surface area contributed by atoms with Crippen LogP contribution in [0.4, 0.5) is 4.39 Å². The summed E-state index contributed by atoms with van der Waals surface area (Å²) in [6.07, 6.45) is 1.40. The Morgan fingerprint density at radius 3 is 2.59 bits per heavy atom. The van der Waals surface area contributed by atoms with Gasteiger partial charge in [-0.3, -0.25) is 9.59 Å². The van der Waals surface area contributed by atoms with Gasteiger partial charge in [-0.2, -0.15) is 0 Å². The Morgan fingerprint density at radius 2 is 1.83 bits per heavy atom. The Balaban J connectivity index is 1.40. The molecule has 0 bridgehead atoms. The maximum Gasteiger partial charge on any atom is 0.338 e. The van der Waals surface area contributed by atoms with Crippen LogP contribution in [0.15, 0.2) is 82.0 Å². The Bertz CT molecular complexity index is 1420. The molecule has 2 aromatic rings. The zero-order valence-corrected chi connectivity index (χ0v) is 23.9. The van der Waals surface area contributed by atoms with E-state index in [1.54, 1.807) is 41.8 Å². The van der Waals surface area contributed by atoms with Gasteiger partial charge in [0.2, 0.25) is 5.91 Å². The van der Waals surface area contributed by atoms with Crippen LogP contribution in [0.25, 0.3) is 0 Å². The topological polar surface area (TPSA) is 88.5 Å². The highest BCUT2D eigenvalue weighted by atomic mass is 32.2. The molecule has 1 fully saturated rings. The van der Waals surface area contributed by atoms with Crippen LogP contribution in [-0.2, 0) is 30.5 Å². The lowest BCUT2D eigenvalue weighted by Gasteiger charge is -2.37. The van der Waals surface area contributed by atoms with Gasteiger partial charge in [0, 0.05) is 24.4 Å². The summed E-state index contributed by atoms with van der Waals surface area (Å²) in [4.78, 5) is 47.5. The molecule has 1 amide bonds. The Labute approximate surface area is 242 Å². The lowest BCUT2D eigenvalue weighted by atomic mass is 9.93. The zero-order chi connectivity index (χ0) is 28.9. The number of nitrogens with zero attached hydrogens (tertiary/aromatic N) is 3. The fourth-order valence-electron chi connectivity index (χ4n) is 5.35. The number of piperidine rings is 1. The van der Waals surface area contributed by atoms with E-state index in [0.717, 1.165) is 5.56 Å². The van der Waals surface area contributed by atoms with E-state index in [1.807, 2.05) is 35.7 Å². The van der Waals surface area contributed by atoms with Crippen LogP contribution >= 0.6 is 11.8 Å². The van der Waals surface area contributed by atoms with Gasteiger partial charge in [0.15, 0.2) is 5.17 Å². The average Bonchev–Trinajstić information content (AvgIpc) is 3.38. The van der Waals surface area contributed by atoms with Gasteiger partial charge < -0.3 is 19.3 Å². The first-order chi connectivity index (χ1) is 19.9. The van der Waals surface area contributed by atoms with Gasteiger partial charge in [0.05, 0.1) is 36.3 Å². The molecule has 3 aliphatic rings. The molecule has 5 rings (SSSR count). The number of rotatable bonds is 8. The average molecular weight is 578 g/mol. The van der Waals surface area contributed by atoms with Crippen LogP contribution in [0.3, 0.4) is 0 Å². The monoisotopic (exact) mass is 577 g/mol. The largest absolute Gasteiger partial charge is 0.466 e. The van der Waals surface area contributed by atoms with Crippen LogP contribution in [0.5, 0.6) is 0 Å². The van der Waals surface area contributed by atoms with Crippen LogP contribution in [-0.4, -0.2) is 52.5 Å². The second kappa shape index (κ2) is 12.7. The van der Waals surface area contributed by atoms with Crippen LogP contribution < -0.4 is 0 Å². The smallest absolute Gasteiger partial charge is 0.338 e. The molecule has 214 valence electrons. The van der Waals surface area contributed by atoms with Crippen molar-refractivity contribution in [3.63, 3.8) is 0 Å². The molecule has 0 N–H and O–H groups in total. The SMILES string of the molecule is CCOC(=O)[C@H]1CCCN(C(=O)CC2=CSC3=NC(C)=C(C(=O)OCc4ccccc4)[C@H](c4ccccc4F)N23)C1. The molecule has 0 radical (unpaired) electrons. The normalized spacial score (nSPS) is 20.3. The van der Waals surface area contributed by atoms with Crippen molar-refractivity contribution in [3.8, 4) is 0 Å². The van der Waals surface area contributed by atoms with Crippen molar-refractivity contribution in [1.82, 2.24) is 9.80 Å². The van der Waals surface area contributed by atoms with Gasteiger partial charge in [-0.25, -0.2) is 14.2 Å². The third kappa shape index (κ3) is 6.22. The maximum atomic E-state index is 15.3. The van der Waals surface area contributed by atoms with E-state index in [-0.39, 0.29) is 42.0 Å². The Kier molecular flexibility index (Phi) is 8.87. The van der Waals surface area contributed by atoms with E-state index >= 15 is 4.39 Å². The summed E-state index contributed by atoms with van der Waals surface area (Å²) >= 11 is 1.33. The lowest BCUT2D eigenvalue weighted by molar-refractivity contribution is -0.151. The van der Waals surface area contributed by atoms with E-state index in [4.69, 9.17) is 9.47 Å². The predicted octanol–water partition coefficient (Wildman–Crippen LogP) is 5.34. The number of allylic oxidation sites excluding steroid dienone is 1. The fourth-order valence-corrected chi connectivity index (χ4v) is 6.31. The van der Waals surface area contributed by atoms with Crippen molar-refractivity contribution in [2.45, 2.75) is 45.8 Å². The minimum atomic E-state index is -0.866. The maximum absolute atomic E-state index is 15.3. The molecule has 0 aromatic heterocycles. The fraction of sp³-hybridized carbons (Fsp3) is 0.355. The van der Waals surface area contributed by atoms with E-state index in [9.17, 15) is 14.4 Å². The van der Waals surface area contributed by atoms with Gasteiger partial charge in [-0.15, -0.1) is 0 Å². The summed E-state index contributed by atoms with van der Waals surface area (Å²) in [5, 5.41) is 2.38. The number of hydrogen-bond donors (Lipinski definition) is 0. The van der Waals surface area contributed by atoms with E-state index < -0.39 is 17.8 Å². The third-order valence-corrected chi connectivity index (χ3v) is 8.25. The van der Waals surface area contributed by atoms with Gasteiger partial charge in [-0.1, -0.05) is 60.3 Å². The minimum absolute atomic E-state index is 0.0118. The van der Waals surface area contributed by atoms with Gasteiger partial charge in [0.1, 0.15) is 12.4 Å². The number of carbonyl (C=O) groups is 3. The molecule has 41 heavy (non-hydrogen) atoms. The first kappa shape index (κ1) is 28.6. The number of ether oxygens (including phenoxy) is 2. The number of carbonyl (C=O) groups excluding carboxylic acids is 3. The third-order valence-electron chi connectivity index (χ3n) is 7.36. The zero-order valence-electron chi connectivity index (χ0n) is 23.0. The van der Waals surface area contributed by atoms with Gasteiger partial charge in [-0.05, 0) is 43.7 Å². The molecule has 0 aliphatic carbocycles. The van der Waals surface area contributed by atoms with Crippen molar-refractivity contribution >= 4 is 34.8 Å². The number of amidine groups is 1. The number of thioether (sulfide) groups is 1. The summed E-state index contributed by atoms with van der Waals surface area (Å²) in [6.45, 7) is 4.67. The van der Waals surface area contributed by atoms with Crippen LogP contribution in [0, 0.1) is 11.7 Å². The van der Waals surface area contributed by atoms with Gasteiger partial charge in [0.25, 0.3) is 0 Å². The number of amides is 1. The second-order valence-corrected chi connectivity index (χ2v) is 10.9. The van der Waals surface area contributed by atoms with Crippen molar-refractivity contribution in [2.75, 3.05) is 19.7 Å². The molecule has 3 heterocycles. The number of likely N-dealkylation sites (tertiary alicyclic amines) is 1. The first-order valence-corrected chi connectivity index (χ1v) is 14.6. The number of halogens is 1. The van der Waals surface area contributed by atoms with Crippen LogP contribution in [0.2, 0.25) is 0 Å². The number of fused-ring (bicyclic) bond motifs is 1. The highest BCUT2D eigenvalue weighted by molar-refractivity contribution is 8.16. The summed E-state index contributed by atoms with van der Waals surface area (Å²) in [5.74, 6) is -1.87. The van der Waals surface area contributed by atoms with Crippen molar-refractivity contribution < 1.29 is 28.2 Å². The highest BCUT2D eigenvalue weighted by Crippen LogP contribution is 2.45. The van der Waals surface area contributed by atoms with Crippen molar-refractivity contribution in [3.05, 3.63) is 93.9 Å². The van der Waals surface area contributed by atoms with Gasteiger partial charge >= 0.3 is 11.9 Å². The molecule has 8 nitrogen and oxygen atoms in total. The summed E-state index contributed by atoms with van der Waals surface area (Å²) in [6, 6.07) is 14.7. The first-order valence-electron chi connectivity index (χ1n) is 13.7. The molecule has 2 atom stereocenters. The van der Waals surface area contributed by atoms with E-state index in [1.165, 1.54) is 17.8 Å². The molecule has 2 aromatic carbocycles. The standard InChI is InChI=1S/C31H32FN3O5S/c1-3-39-29(37)22-12-9-15-34(17-22)26(36)16-23-19-41-31-33-20(2)27(30(38)40-18-21-10-5-4-6-11-21)28(35(23)31)24-13-7-8-14-25(24)32/h4-8,10-11,13-14,19,22,28H,3,9,12,15-18H2,1-2H3/t22-,28-/m0/s1. The van der Waals surface area contributed by atoms with E-state index in [2.05, 4.69) is 4.99 Å². The van der Waals surface area contributed by atoms with E-state index in [0.29, 0.717) is 49.1 Å². The molecule has 0 unspecified atom stereocenters. The molecule has 10 heteroatoms. The highest BCUT2D eigenvalue weighted by Gasteiger charge is 2.42. The van der Waals surface area contributed by atoms with Crippen molar-refractivity contribution in [2.24, 2.45) is 10.9 Å². The molecule has 0 spiro atoms. The lowest BCUT2D eigenvalue weighted by Crippen LogP contribution is -2.44. The predicted molar refractivity (Wildman–Crippen MR) is 154 cm³/mol. The number of aliphatic imine (C=N–C) groups is 1. The summed E-state index contributed by atoms with van der Waals surface area (Å²) < 4.78 is 26.2. The molecular weight excluding hydrogens is 545 g/mol. The molecule has 1 saturated heterocycles. The Hall–Kier alpha value is -3.92. The minimum Gasteiger partial charge on any atom is -0.466 e. The number of hydrogen-bond acceptors (Lipinski definition) is 8. The number of esters is 2. The number of benzene rings is 2. The Morgan fingerprint density at radius 1 is 1.07 bits per heavy atom. The summed E-state index contributed by atoms with van der Waals surface area (Å²) in [7, 11) is 0. The molecule has 3 aliphatic heterocycles. The second-order valence-electron chi connectivity index (χ2n) is 10.1. The molecular formula is C31H32FN3O5S. The quantitative estimate of drug-likeness (QED) is 0.392. The van der Waals surface area contributed by atoms with Crippen molar-refractivity contribution in [1.29, 1.82) is 0 Å². The van der Waals surface area contributed by atoms with Crippen LogP contribution in [0.1, 0.15) is 50.3 Å². The molecule has 0 saturated carbocycles. The summed E-state index contributed by atoms with van der Waals surface area (Å²) in [5.41, 5.74) is 2.37.